The van der Waals surface area contributed by atoms with Crippen molar-refractivity contribution < 1.29 is 19.0 Å². The number of nitrogens with zero attached hydrogens (tertiary/aromatic N) is 1. The Morgan fingerprint density at radius 3 is 2.61 bits per heavy atom. The Hall–Kier alpha value is -2.65. The molecular weight excluding hydrogens is 573 g/mol. The van der Waals surface area contributed by atoms with Crippen LogP contribution in [0.4, 0.5) is 0 Å². The zero-order valence-corrected chi connectivity index (χ0v) is 20.2. The molecule has 4 rings (SSSR count). The van der Waals surface area contributed by atoms with Gasteiger partial charge in [-0.15, -0.1) is 0 Å². The molecule has 0 fully saturated rings. The molecule has 0 amide bonds. The standard InChI is InChI=1S/C24H17BrINO4/c1-29-22-13-15(10-11-21(22)30-14-16-6-2-5-9-19(16)26)12-20-24(28)31-23(27-20)17-7-3-4-8-18(17)25/h2-13H,14H2,1H3/b20-12-. The van der Waals surface area contributed by atoms with Gasteiger partial charge in [-0.25, -0.2) is 9.79 Å². The fourth-order valence-electron chi connectivity index (χ4n) is 2.98. The normalized spacial score (nSPS) is 14.4. The second-order valence-electron chi connectivity index (χ2n) is 6.61. The quantitative estimate of drug-likeness (QED) is 0.201. The summed E-state index contributed by atoms with van der Waals surface area (Å²) in [6, 6.07) is 21.0. The first-order valence-corrected chi connectivity index (χ1v) is 11.2. The van der Waals surface area contributed by atoms with Gasteiger partial charge >= 0.3 is 5.97 Å². The SMILES string of the molecule is COc1cc(/C=C2\N=C(c3ccccc3Br)OC2=O)ccc1OCc1ccccc1I. The maximum absolute atomic E-state index is 12.3. The highest BCUT2D eigenvalue weighted by Gasteiger charge is 2.25. The van der Waals surface area contributed by atoms with Gasteiger partial charge in [0.1, 0.15) is 6.61 Å². The summed E-state index contributed by atoms with van der Waals surface area (Å²) < 4.78 is 18.7. The molecule has 1 heterocycles. The molecule has 0 aromatic heterocycles. The minimum atomic E-state index is -0.497. The number of methoxy groups -OCH3 is 1. The van der Waals surface area contributed by atoms with Crippen LogP contribution in [-0.2, 0) is 16.1 Å². The van der Waals surface area contributed by atoms with Gasteiger partial charge < -0.3 is 14.2 Å². The first-order valence-electron chi connectivity index (χ1n) is 9.37. The van der Waals surface area contributed by atoms with Gasteiger partial charge in [0.25, 0.3) is 0 Å². The second-order valence-corrected chi connectivity index (χ2v) is 8.62. The lowest BCUT2D eigenvalue weighted by Gasteiger charge is -2.12. The Morgan fingerprint density at radius 1 is 1.06 bits per heavy atom. The number of rotatable bonds is 6. The molecule has 0 saturated heterocycles. The molecule has 3 aromatic carbocycles. The number of cyclic esters (lactones) is 1. The third-order valence-electron chi connectivity index (χ3n) is 4.56. The Balaban J connectivity index is 1.56. The maximum atomic E-state index is 12.3. The van der Waals surface area contributed by atoms with Crippen LogP contribution >= 0.6 is 38.5 Å². The van der Waals surface area contributed by atoms with E-state index < -0.39 is 5.97 Å². The number of ether oxygens (including phenoxy) is 3. The summed E-state index contributed by atoms with van der Waals surface area (Å²) >= 11 is 5.74. The van der Waals surface area contributed by atoms with Crippen molar-refractivity contribution >= 4 is 56.5 Å². The smallest absolute Gasteiger partial charge is 0.363 e. The Labute approximate surface area is 202 Å². The van der Waals surface area contributed by atoms with Gasteiger partial charge in [-0.2, -0.15) is 0 Å². The number of halogens is 2. The largest absolute Gasteiger partial charge is 0.493 e. The first-order chi connectivity index (χ1) is 15.0. The van der Waals surface area contributed by atoms with Crippen LogP contribution in [0.25, 0.3) is 6.08 Å². The highest BCUT2D eigenvalue weighted by Crippen LogP contribution is 2.31. The van der Waals surface area contributed by atoms with Gasteiger partial charge in [0.05, 0.1) is 12.7 Å². The van der Waals surface area contributed by atoms with Gasteiger partial charge in [0.2, 0.25) is 5.90 Å². The molecule has 5 nitrogen and oxygen atoms in total. The van der Waals surface area contributed by atoms with Gasteiger partial charge in [-0.3, -0.25) is 0 Å². The van der Waals surface area contributed by atoms with Crippen LogP contribution in [-0.4, -0.2) is 19.0 Å². The van der Waals surface area contributed by atoms with E-state index in [1.165, 1.54) is 0 Å². The number of carbonyl (C=O) groups excluding carboxylic acids is 1. The van der Waals surface area contributed by atoms with Crippen molar-refractivity contribution in [1.29, 1.82) is 0 Å². The number of benzene rings is 3. The zero-order chi connectivity index (χ0) is 21.8. The fourth-order valence-corrected chi connectivity index (χ4v) is 3.98. The summed E-state index contributed by atoms with van der Waals surface area (Å²) in [6.45, 7) is 0.432. The van der Waals surface area contributed by atoms with E-state index in [-0.39, 0.29) is 11.6 Å². The molecule has 0 N–H and O–H groups in total. The molecule has 156 valence electrons. The van der Waals surface area contributed by atoms with Gasteiger partial charge in [-0.1, -0.05) is 36.4 Å². The van der Waals surface area contributed by atoms with Crippen molar-refractivity contribution in [3.63, 3.8) is 0 Å². The summed E-state index contributed by atoms with van der Waals surface area (Å²) in [5, 5.41) is 0. The van der Waals surface area contributed by atoms with Crippen LogP contribution in [0.15, 0.2) is 81.9 Å². The highest BCUT2D eigenvalue weighted by atomic mass is 127. The van der Waals surface area contributed by atoms with Gasteiger partial charge in [0.15, 0.2) is 17.2 Å². The number of hydrogen-bond donors (Lipinski definition) is 0. The molecule has 1 aliphatic heterocycles. The predicted octanol–water partition coefficient (Wildman–Crippen LogP) is 5.99. The average Bonchev–Trinajstić information content (AvgIpc) is 3.13. The third kappa shape index (κ3) is 4.99. The van der Waals surface area contributed by atoms with Crippen molar-refractivity contribution in [3.8, 4) is 11.5 Å². The predicted molar refractivity (Wildman–Crippen MR) is 131 cm³/mol. The molecular formula is C24H17BrINO4. The van der Waals surface area contributed by atoms with E-state index in [4.69, 9.17) is 14.2 Å². The van der Waals surface area contributed by atoms with Gasteiger partial charge in [-0.05, 0) is 80.5 Å². The van der Waals surface area contributed by atoms with Crippen molar-refractivity contribution in [2.75, 3.05) is 7.11 Å². The molecule has 0 radical (unpaired) electrons. The first kappa shape index (κ1) is 21.6. The molecule has 0 spiro atoms. The van der Waals surface area contributed by atoms with Crippen molar-refractivity contribution in [1.82, 2.24) is 0 Å². The van der Waals surface area contributed by atoms with Crippen molar-refractivity contribution in [3.05, 3.63) is 97.2 Å². The van der Waals surface area contributed by atoms with Crippen LogP contribution in [0, 0.1) is 3.57 Å². The van der Waals surface area contributed by atoms with Crippen molar-refractivity contribution in [2.45, 2.75) is 6.61 Å². The molecule has 31 heavy (non-hydrogen) atoms. The molecule has 0 bridgehead atoms. The molecule has 1 aliphatic rings. The highest BCUT2D eigenvalue weighted by molar-refractivity contribution is 14.1. The summed E-state index contributed by atoms with van der Waals surface area (Å²) in [5.41, 5.74) is 2.79. The molecule has 0 unspecified atom stereocenters. The van der Waals surface area contributed by atoms with E-state index >= 15 is 0 Å². The number of carbonyl (C=O) groups is 1. The van der Waals surface area contributed by atoms with E-state index in [0.717, 1.165) is 24.7 Å². The van der Waals surface area contributed by atoms with E-state index in [9.17, 15) is 4.79 Å². The lowest BCUT2D eigenvalue weighted by atomic mass is 10.1. The molecule has 3 aromatic rings. The lowest BCUT2D eigenvalue weighted by Crippen LogP contribution is -2.05. The van der Waals surface area contributed by atoms with E-state index in [0.29, 0.717) is 18.1 Å². The maximum Gasteiger partial charge on any atom is 0.363 e. The van der Waals surface area contributed by atoms with Crippen LogP contribution in [0.2, 0.25) is 0 Å². The minimum Gasteiger partial charge on any atom is -0.493 e. The monoisotopic (exact) mass is 589 g/mol. The van der Waals surface area contributed by atoms with Crippen LogP contribution < -0.4 is 9.47 Å². The molecule has 0 saturated carbocycles. The van der Waals surface area contributed by atoms with Gasteiger partial charge in [0, 0.05) is 13.6 Å². The lowest BCUT2D eigenvalue weighted by molar-refractivity contribution is -0.129. The summed E-state index contributed by atoms with van der Waals surface area (Å²) in [7, 11) is 1.58. The van der Waals surface area contributed by atoms with Crippen LogP contribution in [0.5, 0.6) is 11.5 Å². The molecule has 0 atom stereocenters. The van der Waals surface area contributed by atoms with E-state index in [1.807, 2.05) is 60.7 Å². The van der Waals surface area contributed by atoms with Crippen molar-refractivity contribution in [2.24, 2.45) is 4.99 Å². The topological polar surface area (TPSA) is 57.1 Å². The summed E-state index contributed by atoms with van der Waals surface area (Å²) in [5.74, 6) is 0.967. The zero-order valence-electron chi connectivity index (χ0n) is 16.5. The van der Waals surface area contributed by atoms with Crippen LogP contribution in [0.1, 0.15) is 16.7 Å². The van der Waals surface area contributed by atoms with E-state index in [2.05, 4.69) is 43.5 Å². The average molecular weight is 590 g/mol. The second kappa shape index (κ2) is 9.65. The Bertz CT molecular complexity index is 1210. The van der Waals surface area contributed by atoms with Crippen LogP contribution in [0.3, 0.4) is 0 Å². The third-order valence-corrected chi connectivity index (χ3v) is 6.30. The Morgan fingerprint density at radius 2 is 1.84 bits per heavy atom. The summed E-state index contributed by atoms with van der Waals surface area (Å²) in [6.07, 6.45) is 1.67. The fraction of sp³-hybridized carbons (Fsp3) is 0.0833. The number of aliphatic imine (C=N–C) groups is 1. The Kier molecular flexibility index (Phi) is 6.72. The molecule has 7 heteroatoms. The molecule has 0 aliphatic carbocycles. The van der Waals surface area contributed by atoms with E-state index in [1.54, 1.807) is 19.3 Å². The minimum absolute atomic E-state index is 0.223. The number of hydrogen-bond acceptors (Lipinski definition) is 5. The summed E-state index contributed by atoms with van der Waals surface area (Å²) in [4.78, 5) is 16.7. The number of esters is 1.